The van der Waals surface area contributed by atoms with Crippen molar-refractivity contribution in [1.29, 1.82) is 0 Å². The topological polar surface area (TPSA) is 71.5 Å². The monoisotopic (exact) mass is 377 g/mol. The number of pyridine rings is 1. The van der Waals surface area contributed by atoms with Crippen molar-refractivity contribution >= 4 is 33.4 Å². The minimum absolute atomic E-state index is 0.0851. The smallest absolute Gasteiger partial charge is 0.259 e. The summed E-state index contributed by atoms with van der Waals surface area (Å²) in [6.07, 6.45) is 1.54. The Labute approximate surface area is 142 Å². The fourth-order valence-corrected chi connectivity index (χ4v) is 2.35. The van der Waals surface area contributed by atoms with Gasteiger partial charge in [0.05, 0.1) is 19.3 Å². The van der Waals surface area contributed by atoms with Gasteiger partial charge < -0.3 is 15.0 Å². The van der Waals surface area contributed by atoms with Gasteiger partial charge in [-0.3, -0.25) is 9.59 Å². The van der Waals surface area contributed by atoms with Crippen LogP contribution in [-0.4, -0.2) is 42.4 Å². The number of halogens is 1. The standard InChI is InChI=1S/C16H16BrN3O3/c1-20(16(22)11-6-5-9-18-15(11)23-2)10-14(21)19-13-8-4-3-7-12(13)17/h3-9H,10H2,1-2H3,(H,19,21). The maximum atomic E-state index is 12.4. The van der Waals surface area contributed by atoms with Crippen molar-refractivity contribution in [3.63, 3.8) is 0 Å². The number of para-hydroxylation sites is 1. The summed E-state index contributed by atoms with van der Waals surface area (Å²) in [6.45, 7) is -0.0851. The van der Waals surface area contributed by atoms with Gasteiger partial charge in [0.15, 0.2) is 0 Å². The van der Waals surface area contributed by atoms with E-state index >= 15 is 0 Å². The van der Waals surface area contributed by atoms with Gasteiger partial charge >= 0.3 is 0 Å². The Balaban J connectivity index is 2.03. The molecule has 2 rings (SSSR count). The SMILES string of the molecule is COc1ncccc1C(=O)N(C)CC(=O)Nc1ccccc1Br. The van der Waals surface area contributed by atoms with Crippen molar-refractivity contribution < 1.29 is 14.3 Å². The number of methoxy groups -OCH3 is 1. The second kappa shape index (κ2) is 7.73. The van der Waals surface area contributed by atoms with Crippen LogP contribution in [-0.2, 0) is 4.79 Å². The summed E-state index contributed by atoms with van der Waals surface area (Å²) in [6, 6.07) is 10.5. The molecule has 1 heterocycles. The fourth-order valence-electron chi connectivity index (χ4n) is 1.96. The molecule has 0 bridgehead atoms. The summed E-state index contributed by atoms with van der Waals surface area (Å²) in [4.78, 5) is 29.8. The summed E-state index contributed by atoms with van der Waals surface area (Å²) in [5, 5.41) is 2.75. The molecule has 0 atom stereocenters. The van der Waals surface area contributed by atoms with Gasteiger partial charge in [0.2, 0.25) is 11.8 Å². The summed E-state index contributed by atoms with van der Waals surface area (Å²) in [5.74, 6) is -0.400. The van der Waals surface area contributed by atoms with Gasteiger partial charge in [-0.25, -0.2) is 4.98 Å². The minimum atomic E-state index is -0.336. The van der Waals surface area contributed by atoms with E-state index in [0.717, 1.165) is 4.47 Å². The quantitative estimate of drug-likeness (QED) is 0.868. The highest BCUT2D eigenvalue weighted by Gasteiger charge is 2.19. The van der Waals surface area contributed by atoms with Crippen molar-refractivity contribution in [2.24, 2.45) is 0 Å². The van der Waals surface area contributed by atoms with Gasteiger partial charge in [-0.1, -0.05) is 12.1 Å². The first-order chi connectivity index (χ1) is 11.0. The summed E-state index contributed by atoms with van der Waals surface area (Å²) in [7, 11) is 2.99. The Kier molecular flexibility index (Phi) is 5.70. The number of nitrogens with one attached hydrogen (secondary N) is 1. The molecule has 2 amide bonds. The molecule has 0 saturated heterocycles. The Hall–Kier alpha value is -2.41. The number of aromatic nitrogens is 1. The highest BCUT2D eigenvalue weighted by Crippen LogP contribution is 2.21. The number of carbonyl (C=O) groups is 2. The average Bonchev–Trinajstić information content (AvgIpc) is 2.56. The molecule has 0 aliphatic rings. The third-order valence-electron chi connectivity index (χ3n) is 3.07. The summed E-state index contributed by atoms with van der Waals surface area (Å²) < 4.78 is 5.84. The van der Waals surface area contributed by atoms with Crippen LogP contribution < -0.4 is 10.1 Å². The van der Waals surface area contributed by atoms with Crippen LogP contribution in [0.4, 0.5) is 5.69 Å². The lowest BCUT2D eigenvalue weighted by atomic mass is 10.2. The second-order valence-corrected chi connectivity index (χ2v) is 5.60. The zero-order chi connectivity index (χ0) is 16.8. The van der Waals surface area contributed by atoms with E-state index < -0.39 is 0 Å². The molecule has 1 aromatic carbocycles. The van der Waals surface area contributed by atoms with Gasteiger partial charge in [0, 0.05) is 17.7 Å². The van der Waals surface area contributed by atoms with Crippen molar-refractivity contribution in [2.75, 3.05) is 26.0 Å². The zero-order valence-corrected chi connectivity index (χ0v) is 14.3. The normalized spacial score (nSPS) is 10.0. The number of hydrogen-bond acceptors (Lipinski definition) is 4. The number of carbonyl (C=O) groups excluding carboxylic acids is 2. The van der Waals surface area contributed by atoms with E-state index in [0.29, 0.717) is 11.3 Å². The molecule has 1 aromatic heterocycles. The molecule has 23 heavy (non-hydrogen) atoms. The largest absolute Gasteiger partial charge is 0.480 e. The highest BCUT2D eigenvalue weighted by atomic mass is 79.9. The van der Waals surface area contributed by atoms with Crippen molar-refractivity contribution in [3.05, 3.63) is 52.6 Å². The molecule has 2 aromatic rings. The Morgan fingerprint density at radius 2 is 2.00 bits per heavy atom. The first-order valence-corrected chi connectivity index (χ1v) is 7.61. The number of nitrogens with zero attached hydrogens (tertiary/aromatic N) is 2. The molecule has 0 fully saturated rings. The summed E-state index contributed by atoms with van der Waals surface area (Å²) >= 11 is 3.36. The minimum Gasteiger partial charge on any atom is -0.480 e. The second-order valence-electron chi connectivity index (χ2n) is 4.75. The van der Waals surface area contributed by atoms with Crippen LogP contribution in [0, 0.1) is 0 Å². The van der Waals surface area contributed by atoms with Crippen LogP contribution >= 0.6 is 15.9 Å². The van der Waals surface area contributed by atoms with Gasteiger partial charge in [0.1, 0.15) is 5.56 Å². The first kappa shape index (κ1) is 17.0. The van der Waals surface area contributed by atoms with E-state index in [-0.39, 0.29) is 24.2 Å². The molecule has 7 heteroatoms. The van der Waals surface area contributed by atoms with E-state index in [1.54, 1.807) is 25.2 Å². The number of rotatable bonds is 5. The molecule has 0 aliphatic heterocycles. The van der Waals surface area contributed by atoms with Crippen LogP contribution in [0.25, 0.3) is 0 Å². The molecule has 1 N–H and O–H groups in total. The molecule has 6 nitrogen and oxygen atoms in total. The van der Waals surface area contributed by atoms with E-state index in [2.05, 4.69) is 26.2 Å². The molecule has 0 radical (unpaired) electrons. The van der Waals surface area contributed by atoms with E-state index in [1.165, 1.54) is 18.2 Å². The zero-order valence-electron chi connectivity index (χ0n) is 12.7. The highest BCUT2D eigenvalue weighted by molar-refractivity contribution is 9.10. The van der Waals surface area contributed by atoms with E-state index in [1.807, 2.05) is 18.2 Å². The molecular weight excluding hydrogens is 362 g/mol. The predicted octanol–water partition coefficient (Wildman–Crippen LogP) is 2.56. The number of ether oxygens (including phenoxy) is 1. The molecule has 0 unspecified atom stereocenters. The summed E-state index contributed by atoms with van der Waals surface area (Å²) in [5.41, 5.74) is 0.962. The first-order valence-electron chi connectivity index (χ1n) is 6.81. The molecule has 0 aliphatic carbocycles. The van der Waals surface area contributed by atoms with Crippen molar-refractivity contribution in [2.45, 2.75) is 0 Å². The maximum absolute atomic E-state index is 12.4. The van der Waals surface area contributed by atoms with Gasteiger partial charge in [-0.15, -0.1) is 0 Å². The number of benzene rings is 1. The van der Waals surface area contributed by atoms with Crippen LogP contribution in [0.2, 0.25) is 0 Å². The van der Waals surface area contributed by atoms with Crippen LogP contribution in [0.3, 0.4) is 0 Å². The average molecular weight is 378 g/mol. The Morgan fingerprint density at radius 3 is 2.70 bits per heavy atom. The lowest BCUT2D eigenvalue weighted by molar-refractivity contribution is -0.116. The third-order valence-corrected chi connectivity index (χ3v) is 3.76. The Morgan fingerprint density at radius 1 is 1.26 bits per heavy atom. The third kappa shape index (κ3) is 4.29. The van der Waals surface area contributed by atoms with Crippen molar-refractivity contribution in [1.82, 2.24) is 9.88 Å². The molecular formula is C16H16BrN3O3. The fraction of sp³-hybridized carbons (Fsp3) is 0.188. The van der Waals surface area contributed by atoms with Gasteiger partial charge in [0.25, 0.3) is 5.91 Å². The Bertz CT molecular complexity index is 721. The van der Waals surface area contributed by atoms with Crippen LogP contribution in [0.15, 0.2) is 47.1 Å². The van der Waals surface area contributed by atoms with Crippen LogP contribution in [0.5, 0.6) is 5.88 Å². The number of hydrogen-bond donors (Lipinski definition) is 1. The lowest BCUT2D eigenvalue weighted by Crippen LogP contribution is -2.35. The van der Waals surface area contributed by atoms with Crippen LogP contribution in [0.1, 0.15) is 10.4 Å². The molecule has 0 saturated carbocycles. The number of amides is 2. The van der Waals surface area contributed by atoms with E-state index in [4.69, 9.17) is 4.74 Å². The maximum Gasteiger partial charge on any atom is 0.259 e. The van der Waals surface area contributed by atoms with E-state index in [9.17, 15) is 9.59 Å². The number of likely N-dealkylation sites (N-methyl/N-ethyl adjacent to an activating group) is 1. The number of anilines is 1. The predicted molar refractivity (Wildman–Crippen MR) is 90.5 cm³/mol. The van der Waals surface area contributed by atoms with Gasteiger partial charge in [-0.2, -0.15) is 0 Å². The van der Waals surface area contributed by atoms with Gasteiger partial charge in [-0.05, 0) is 40.2 Å². The molecule has 120 valence electrons. The van der Waals surface area contributed by atoms with Crippen molar-refractivity contribution in [3.8, 4) is 5.88 Å². The molecule has 0 spiro atoms. The lowest BCUT2D eigenvalue weighted by Gasteiger charge is -2.18.